The van der Waals surface area contributed by atoms with Crippen LogP contribution in [0.25, 0.3) is 0 Å². The highest BCUT2D eigenvalue weighted by atomic mass is 35.5. The Morgan fingerprint density at radius 1 is 0.931 bits per heavy atom. The van der Waals surface area contributed by atoms with Crippen LogP contribution in [0.15, 0.2) is 60.7 Å². The number of ether oxygens (including phenoxy) is 1. The number of anilines is 1. The first kappa shape index (κ1) is 18.8. The van der Waals surface area contributed by atoms with Gasteiger partial charge in [0.25, 0.3) is 5.91 Å². The number of nitrogens with one attached hydrogen (secondary N) is 1. The standard InChI is InChI=1S/C22H13ClFNO4/c23-16-10-12(24)8-9-18(16)29-11-19(26)25-17-7-3-6-15-20(17)22(28)14-5-2-1-4-13(14)21(15)27/h1-10H,11H2,(H,25,26). The number of rotatable bonds is 4. The minimum absolute atomic E-state index is 0.0345. The molecule has 3 aromatic rings. The van der Waals surface area contributed by atoms with E-state index in [4.69, 9.17) is 16.3 Å². The number of hydrogen-bond donors (Lipinski definition) is 1. The smallest absolute Gasteiger partial charge is 0.262 e. The molecule has 0 aromatic heterocycles. The molecule has 0 fully saturated rings. The number of halogens is 2. The molecule has 1 aliphatic rings. The molecule has 144 valence electrons. The summed E-state index contributed by atoms with van der Waals surface area (Å²) in [6, 6.07) is 14.8. The third kappa shape index (κ3) is 3.50. The fraction of sp³-hybridized carbons (Fsp3) is 0.0455. The first-order valence-electron chi connectivity index (χ1n) is 8.65. The van der Waals surface area contributed by atoms with E-state index in [0.29, 0.717) is 11.1 Å². The molecule has 29 heavy (non-hydrogen) atoms. The lowest BCUT2D eigenvalue weighted by Crippen LogP contribution is -2.26. The van der Waals surface area contributed by atoms with Crippen molar-refractivity contribution >= 4 is 34.8 Å². The second kappa shape index (κ2) is 7.48. The van der Waals surface area contributed by atoms with Gasteiger partial charge in [-0.25, -0.2) is 4.39 Å². The first-order valence-corrected chi connectivity index (χ1v) is 9.02. The van der Waals surface area contributed by atoms with Gasteiger partial charge in [-0.05, 0) is 24.3 Å². The van der Waals surface area contributed by atoms with Crippen molar-refractivity contribution in [3.05, 3.63) is 93.8 Å². The summed E-state index contributed by atoms with van der Waals surface area (Å²) in [5.41, 5.74) is 1.22. The predicted octanol–water partition coefficient (Wildman–Crippen LogP) is 4.27. The Hall–Kier alpha value is -3.51. The van der Waals surface area contributed by atoms with Crippen LogP contribution in [-0.4, -0.2) is 24.1 Å². The van der Waals surface area contributed by atoms with Gasteiger partial charge in [0.1, 0.15) is 11.6 Å². The van der Waals surface area contributed by atoms with Crippen molar-refractivity contribution in [2.45, 2.75) is 0 Å². The van der Waals surface area contributed by atoms with Crippen LogP contribution in [0.1, 0.15) is 31.8 Å². The van der Waals surface area contributed by atoms with E-state index in [1.165, 1.54) is 6.07 Å². The average molecular weight is 410 g/mol. The molecular formula is C22H13ClFNO4. The number of carbonyl (C=O) groups excluding carboxylic acids is 3. The summed E-state index contributed by atoms with van der Waals surface area (Å²) >= 11 is 5.87. The van der Waals surface area contributed by atoms with Crippen LogP contribution >= 0.6 is 11.6 Å². The van der Waals surface area contributed by atoms with Crippen LogP contribution in [0.5, 0.6) is 5.75 Å². The van der Waals surface area contributed by atoms with Crippen molar-refractivity contribution in [1.29, 1.82) is 0 Å². The van der Waals surface area contributed by atoms with Crippen molar-refractivity contribution in [2.24, 2.45) is 0 Å². The number of ketones is 2. The zero-order valence-corrected chi connectivity index (χ0v) is 15.6. The summed E-state index contributed by atoms with van der Waals surface area (Å²) < 4.78 is 18.4. The van der Waals surface area contributed by atoms with Crippen LogP contribution in [-0.2, 0) is 4.79 Å². The van der Waals surface area contributed by atoms with Crippen molar-refractivity contribution in [1.82, 2.24) is 0 Å². The lowest BCUT2D eigenvalue weighted by Gasteiger charge is -2.20. The maximum Gasteiger partial charge on any atom is 0.262 e. The third-order valence-corrected chi connectivity index (χ3v) is 4.77. The molecule has 4 rings (SSSR count). The van der Waals surface area contributed by atoms with Gasteiger partial charge >= 0.3 is 0 Å². The second-order valence-electron chi connectivity index (χ2n) is 6.34. The number of hydrogen-bond acceptors (Lipinski definition) is 4. The van der Waals surface area contributed by atoms with Gasteiger partial charge in [0.15, 0.2) is 18.2 Å². The summed E-state index contributed by atoms with van der Waals surface area (Å²) in [6.45, 7) is -0.409. The van der Waals surface area contributed by atoms with E-state index in [9.17, 15) is 18.8 Å². The van der Waals surface area contributed by atoms with E-state index in [2.05, 4.69) is 5.32 Å². The van der Waals surface area contributed by atoms with E-state index in [1.807, 2.05) is 0 Å². The fourth-order valence-corrected chi connectivity index (χ4v) is 3.39. The summed E-state index contributed by atoms with van der Waals surface area (Å²) in [5, 5.41) is 2.63. The zero-order valence-electron chi connectivity index (χ0n) is 14.9. The Morgan fingerprint density at radius 3 is 2.34 bits per heavy atom. The van der Waals surface area contributed by atoms with Gasteiger partial charge in [-0.3, -0.25) is 14.4 Å². The Kier molecular flexibility index (Phi) is 4.86. The normalized spacial score (nSPS) is 12.2. The van der Waals surface area contributed by atoms with Crippen LogP contribution in [0.4, 0.5) is 10.1 Å². The van der Waals surface area contributed by atoms with Crippen molar-refractivity contribution in [2.75, 3.05) is 11.9 Å². The quantitative estimate of drug-likeness (QED) is 0.546. The lowest BCUT2D eigenvalue weighted by molar-refractivity contribution is -0.118. The van der Waals surface area contributed by atoms with Gasteiger partial charge in [0.05, 0.1) is 16.3 Å². The molecule has 1 N–H and O–H groups in total. The molecule has 7 heteroatoms. The summed E-state index contributed by atoms with van der Waals surface area (Å²) in [6.07, 6.45) is 0. The molecule has 5 nitrogen and oxygen atoms in total. The lowest BCUT2D eigenvalue weighted by atomic mass is 9.83. The number of carbonyl (C=O) groups is 3. The molecule has 0 spiro atoms. The zero-order chi connectivity index (χ0) is 20.5. The molecule has 0 unspecified atom stereocenters. The molecule has 0 heterocycles. The van der Waals surface area contributed by atoms with Gasteiger partial charge < -0.3 is 10.1 Å². The van der Waals surface area contributed by atoms with E-state index in [1.54, 1.807) is 42.5 Å². The molecule has 1 aliphatic carbocycles. The number of amides is 1. The van der Waals surface area contributed by atoms with E-state index < -0.39 is 18.3 Å². The third-order valence-electron chi connectivity index (χ3n) is 4.48. The van der Waals surface area contributed by atoms with Gasteiger partial charge in [0.2, 0.25) is 0 Å². The Bertz CT molecular complexity index is 1180. The summed E-state index contributed by atoms with van der Waals surface area (Å²) in [4.78, 5) is 38.0. The first-order chi connectivity index (χ1) is 14.0. The molecule has 0 radical (unpaired) electrons. The van der Waals surface area contributed by atoms with Gasteiger partial charge in [-0.2, -0.15) is 0 Å². The highest BCUT2D eigenvalue weighted by molar-refractivity contribution is 6.32. The van der Waals surface area contributed by atoms with Crippen molar-refractivity contribution < 1.29 is 23.5 Å². The molecule has 0 saturated heterocycles. The maximum atomic E-state index is 13.1. The minimum Gasteiger partial charge on any atom is -0.482 e. The summed E-state index contributed by atoms with van der Waals surface area (Å²) in [7, 11) is 0. The molecule has 1 amide bonds. The Labute approximate surface area is 170 Å². The van der Waals surface area contributed by atoms with Gasteiger partial charge in [0, 0.05) is 16.7 Å². The van der Waals surface area contributed by atoms with E-state index >= 15 is 0 Å². The topological polar surface area (TPSA) is 72.5 Å². The average Bonchev–Trinajstić information content (AvgIpc) is 2.71. The Balaban J connectivity index is 1.57. The second-order valence-corrected chi connectivity index (χ2v) is 6.75. The number of benzene rings is 3. The molecule has 0 saturated carbocycles. The predicted molar refractivity (Wildman–Crippen MR) is 105 cm³/mol. The van der Waals surface area contributed by atoms with Crippen LogP contribution in [0, 0.1) is 5.82 Å². The fourth-order valence-electron chi connectivity index (χ4n) is 3.17. The highest BCUT2D eigenvalue weighted by Crippen LogP contribution is 2.32. The van der Waals surface area contributed by atoms with Crippen molar-refractivity contribution in [3.8, 4) is 5.75 Å². The highest BCUT2D eigenvalue weighted by Gasteiger charge is 2.31. The minimum atomic E-state index is -0.558. The van der Waals surface area contributed by atoms with Crippen molar-refractivity contribution in [3.63, 3.8) is 0 Å². The van der Waals surface area contributed by atoms with Crippen LogP contribution < -0.4 is 10.1 Å². The van der Waals surface area contributed by atoms with Gasteiger partial charge in [-0.15, -0.1) is 0 Å². The SMILES string of the molecule is O=C(COc1ccc(F)cc1Cl)Nc1cccc2c1C(=O)c1ccccc1C2=O. The molecule has 0 aliphatic heterocycles. The number of fused-ring (bicyclic) bond motifs is 2. The van der Waals surface area contributed by atoms with E-state index in [-0.39, 0.29) is 39.2 Å². The van der Waals surface area contributed by atoms with Gasteiger partial charge in [-0.1, -0.05) is 48.0 Å². The molecule has 0 bridgehead atoms. The summed E-state index contributed by atoms with van der Waals surface area (Å²) in [5.74, 6) is -1.54. The van der Waals surface area contributed by atoms with Crippen LogP contribution in [0.2, 0.25) is 5.02 Å². The Morgan fingerprint density at radius 2 is 1.62 bits per heavy atom. The molecule has 3 aromatic carbocycles. The molecular weight excluding hydrogens is 397 g/mol. The van der Waals surface area contributed by atoms with E-state index in [0.717, 1.165) is 12.1 Å². The maximum absolute atomic E-state index is 13.1. The van der Waals surface area contributed by atoms with Crippen LogP contribution in [0.3, 0.4) is 0 Å². The largest absolute Gasteiger partial charge is 0.482 e. The molecule has 0 atom stereocenters. The monoisotopic (exact) mass is 409 g/mol.